The van der Waals surface area contributed by atoms with Crippen molar-refractivity contribution in [3.8, 4) is 5.75 Å². The van der Waals surface area contributed by atoms with Gasteiger partial charge in [-0.15, -0.1) is 0 Å². The smallest absolute Gasteiger partial charge is 0.119 e. The molecule has 0 saturated heterocycles. The number of rotatable bonds is 6. The summed E-state index contributed by atoms with van der Waals surface area (Å²) in [6, 6.07) is 16.3. The van der Waals surface area contributed by atoms with Crippen LogP contribution in [0.1, 0.15) is 24.1 Å². The maximum absolute atomic E-state index is 5.70. The summed E-state index contributed by atoms with van der Waals surface area (Å²) in [4.78, 5) is 0. The Bertz CT molecular complexity index is 542. The van der Waals surface area contributed by atoms with Crippen LogP contribution in [0.3, 0.4) is 0 Å². The van der Waals surface area contributed by atoms with Crippen molar-refractivity contribution in [2.24, 2.45) is 5.84 Å². The van der Waals surface area contributed by atoms with Gasteiger partial charge in [-0.25, -0.2) is 0 Å². The SMILES string of the molecule is CCOc1ccc(C(Cc2ccccc2Br)NN)cc1. The topological polar surface area (TPSA) is 47.3 Å². The molecule has 0 heterocycles. The maximum atomic E-state index is 5.70. The van der Waals surface area contributed by atoms with E-state index in [0.717, 1.165) is 22.2 Å². The van der Waals surface area contributed by atoms with Crippen molar-refractivity contribution in [2.45, 2.75) is 19.4 Å². The lowest BCUT2D eigenvalue weighted by Crippen LogP contribution is -2.29. The van der Waals surface area contributed by atoms with E-state index in [-0.39, 0.29) is 6.04 Å². The van der Waals surface area contributed by atoms with Crippen LogP contribution in [0.2, 0.25) is 0 Å². The molecule has 0 spiro atoms. The van der Waals surface area contributed by atoms with Gasteiger partial charge in [-0.3, -0.25) is 11.3 Å². The second-order valence-corrected chi connectivity index (χ2v) is 5.37. The summed E-state index contributed by atoms with van der Waals surface area (Å²) in [6.45, 7) is 2.65. The number of benzene rings is 2. The van der Waals surface area contributed by atoms with E-state index in [1.54, 1.807) is 0 Å². The minimum atomic E-state index is 0.0735. The minimum absolute atomic E-state index is 0.0735. The van der Waals surface area contributed by atoms with Gasteiger partial charge in [-0.05, 0) is 42.7 Å². The van der Waals surface area contributed by atoms with Crippen LogP contribution in [0.15, 0.2) is 53.0 Å². The van der Waals surface area contributed by atoms with Gasteiger partial charge in [-0.1, -0.05) is 46.3 Å². The molecule has 0 aliphatic heterocycles. The summed E-state index contributed by atoms with van der Waals surface area (Å²) in [7, 11) is 0. The van der Waals surface area contributed by atoms with E-state index in [0.29, 0.717) is 6.61 Å². The third kappa shape index (κ3) is 3.82. The van der Waals surface area contributed by atoms with Crippen molar-refractivity contribution in [3.05, 3.63) is 64.1 Å². The second-order valence-electron chi connectivity index (χ2n) is 4.52. The number of hydrogen-bond acceptors (Lipinski definition) is 3. The molecule has 0 saturated carbocycles. The van der Waals surface area contributed by atoms with E-state index in [1.165, 1.54) is 5.56 Å². The van der Waals surface area contributed by atoms with Crippen molar-refractivity contribution in [2.75, 3.05) is 6.61 Å². The molecule has 1 atom stereocenters. The van der Waals surface area contributed by atoms with E-state index in [4.69, 9.17) is 10.6 Å². The molecule has 4 heteroatoms. The van der Waals surface area contributed by atoms with Crippen LogP contribution < -0.4 is 16.0 Å². The Balaban J connectivity index is 2.13. The average Bonchev–Trinajstić information content (AvgIpc) is 2.48. The Labute approximate surface area is 128 Å². The Morgan fingerprint density at radius 3 is 2.45 bits per heavy atom. The molecule has 3 N–H and O–H groups in total. The third-order valence-electron chi connectivity index (χ3n) is 3.18. The highest BCUT2D eigenvalue weighted by Crippen LogP contribution is 2.24. The first-order valence-corrected chi connectivity index (χ1v) is 7.46. The van der Waals surface area contributed by atoms with Crippen LogP contribution in [0.5, 0.6) is 5.75 Å². The van der Waals surface area contributed by atoms with Gasteiger partial charge in [0.25, 0.3) is 0 Å². The number of halogens is 1. The molecule has 0 aromatic heterocycles. The molecule has 20 heavy (non-hydrogen) atoms. The van der Waals surface area contributed by atoms with E-state index >= 15 is 0 Å². The molecule has 1 unspecified atom stereocenters. The highest BCUT2D eigenvalue weighted by Gasteiger charge is 2.12. The summed E-state index contributed by atoms with van der Waals surface area (Å²) in [5.74, 6) is 6.59. The Morgan fingerprint density at radius 1 is 1.15 bits per heavy atom. The van der Waals surface area contributed by atoms with Gasteiger partial charge >= 0.3 is 0 Å². The van der Waals surface area contributed by atoms with Gasteiger partial charge in [0.2, 0.25) is 0 Å². The highest BCUT2D eigenvalue weighted by molar-refractivity contribution is 9.10. The highest BCUT2D eigenvalue weighted by atomic mass is 79.9. The first-order valence-electron chi connectivity index (χ1n) is 6.67. The van der Waals surface area contributed by atoms with E-state index in [2.05, 4.69) is 27.4 Å². The summed E-state index contributed by atoms with van der Waals surface area (Å²) in [5.41, 5.74) is 5.26. The lowest BCUT2D eigenvalue weighted by atomic mass is 9.99. The van der Waals surface area contributed by atoms with Gasteiger partial charge in [0, 0.05) is 4.47 Å². The van der Waals surface area contributed by atoms with Crippen molar-refractivity contribution in [1.29, 1.82) is 0 Å². The molecule has 2 rings (SSSR count). The third-order valence-corrected chi connectivity index (χ3v) is 3.95. The number of ether oxygens (including phenoxy) is 1. The van der Waals surface area contributed by atoms with Gasteiger partial charge in [0.1, 0.15) is 5.75 Å². The number of nitrogens with two attached hydrogens (primary N) is 1. The number of hydrazine groups is 1. The lowest BCUT2D eigenvalue weighted by Gasteiger charge is -2.17. The molecule has 3 nitrogen and oxygen atoms in total. The molecule has 0 radical (unpaired) electrons. The molecular formula is C16H19BrN2O. The second kappa shape index (κ2) is 7.43. The van der Waals surface area contributed by atoms with E-state index < -0.39 is 0 Å². The molecule has 0 aliphatic carbocycles. The number of hydrogen-bond donors (Lipinski definition) is 2. The zero-order chi connectivity index (χ0) is 14.4. The Kier molecular flexibility index (Phi) is 5.59. The zero-order valence-electron chi connectivity index (χ0n) is 11.5. The zero-order valence-corrected chi connectivity index (χ0v) is 13.1. The van der Waals surface area contributed by atoms with Crippen molar-refractivity contribution < 1.29 is 4.74 Å². The normalized spacial score (nSPS) is 12.2. The first kappa shape index (κ1) is 15.0. The average molecular weight is 335 g/mol. The molecular weight excluding hydrogens is 316 g/mol. The standard InChI is InChI=1S/C16H19BrN2O/c1-2-20-14-9-7-12(8-10-14)16(19-18)11-13-5-3-4-6-15(13)17/h3-10,16,19H,2,11,18H2,1H3. The predicted octanol–water partition coefficient (Wildman–Crippen LogP) is 3.59. The predicted molar refractivity (Wildman–Crippen MR) is 85.5 cm³/mol. The van der Waals surface area contributed by atoms with Crippen LogP contribution in [-0.2, 0) is 6.42 Å². The monoisotopic (exact) mass is 334 g/mol. The fraction of sp³-hybridized carbons (Fsp3) is 0.250. The summed E-state index contributed by atoms with van der Waals surface area (Å²) >= 11 is 3.57. The Hall–Kier alpha value is -1.36. The summed E-state index contributed by atoms with van der Waals surface area (Å²) in [6.07, 6.45) is 0.825. The summed E-state index contributed by atoms with van der Waals surface area (Å²) < 4.78 is 6.56. The fourth-order valence-electron chi connectivity index (χ4n) is 2.12. The van der Waals surface area contributed by atoms with Crippen LogP contribution in [-0.4, -0.2) is 6.61 Å². The van der Waals surface area contributed by atoms with Crippen molar-refractivity contribution in [3.63, 3.8) is 0 Å². The van der Waals surface area contributed by atoms with Crippen molar-refractivity contribution >= 4 is 15.9 Å². The molecule has 0 aliphatic rings. The molecule has 106 valence electrons. The largest absolute Gasteiger partial charge is 0.494 e. The van der Waals surface area contributed by atoms with Crippen LogP contribution in [0.4, 0.5) is 0 Å². The maximum Gasteiger partial charge on any atom is 0.119 e. The summed E-state index contributed by atoms with van der Waals surface area (Å²) in [5, 5.41) is 0. The number of nitrogens with one attached hydrogen (secondary N) is 1. The fourth-order valence-corrected chi connectivity index (χ4v) is 2.57. The van der Waals surface area contributed by atoms with Crippen LogP contribution >= 0.6 is 15.9 Å². The van der Waals surface area contributed by atoms with Crippen LogP contribution in [0.25, 0.3) is 0 Å². The van der Waals surface area contributed by atoms with Crippen LogP contribution in [0, 0.1) is 0 Å². The van der Waals surface area contributed by atoms with Gasteiger partial charge < -0.3 is 4.74 Å². The van der Waals surface area contributed by atoms with E-state index in [9.17, 15) is 0 Å². The van der Waals surface area contributed by atoms with Gasteiger partial charge in [0.15, 0.2) is 0 Å². The Morgan fingerprint density at radius 2 is 1.85 bits per heavy atom. The first-order chi connectivity index (χ1) is 9.74. The minimum Gasteiger partial charge on any atom is -0.494 e. The van der Waals surface area contributed by atoms with Gasteiger partial charge in [-0.2, -0.15) is 0 Å². The van der Waals surface area contributed by atoms with Crippen molar-refractivity contribution in [1.82, 2.24) is 5.43 Å². The quantitative estimate of drug-likeness (QED) is 0.626. The molecule has 0 bridgehead atoms. The van der Waals surface area contributed by atoms with Gasteiger partial charge in [0.05, 0.1) is 12.6 Å². The molecule has 2 aromatic carbocycles. The molecule has 2 aromatic rings. The van der Waals surface area contributed by atoms with E-state index in [1.807, 2.05) is 49.4 Å². The molecule has 0 fully saturated rings. The molecule has 0 amide bonds. The lowest BCUT2D eigenvalue weighted by molar-refractivity contribution is 0.340.